The van der Waals surface area contributed by atoms with Crippen LogP contribution in [0.15, 0.2) is 47.1 Å². The first-order valence-corrected chi connectivity index (χ1v) is 8.84. The number of aromatic nitrogens is 2. The number of rotatable bonds is 5. The first kappa shape index (κ1) is 20.9. The Morgan fingerprint density at radius 2 is 1.97 bits per heavy atom. The maximum Gasteiger partial charge on any atom is 0.417 e. The zero-order valence-corrected chi connectivity index (χ0v) is 16.1. The summed E-state index contributed by atoms with van der Waals surface area (Å²) in [5.41, 5.74) is -0.708. The Balaban J connectivity index is 2.00. The van der Waals surface area contributed by atoms with Crippen molar-refractivity contribution in [2.45, 2.75) is 11.0 Å². The monoisotopic (exact) mass is 445 g/mol. The van der Waals surface area contributed by atoms with E-state index in [9.17, 15) is 18.0 Å². The van der Waals surface area contributed by atoms with Crippen molar-refractivity contribution < 1.29 is 27.2 Å². The number of methoxy groups -OCH3 is 1. The smallest absolute Gasteiger partial charge is 0.417 e. The molecule has 0 atom stereocenters. The van der Waals surface area contributed by atoms with E-state index in [0.29, 0.717) is 5.69 Å². The van der Waals surface area contributed by atoms with Crippen molar-refractivity contribution in [3.05, 3.63) is 48.2 Å². The van der Waals surface area contributed by atoms with E-state index in [1.165, 1.54) is 43.6 Å². The molecular weight excluding hydrogens is 434 g/mol. The van der Waals surface area contributed by atoms with Gasteiger partial charge < -0.3 is 14.6 Å². The molecule has 1 N–H and O–H groups in total. The highest BCUT2D eigenvalue weighted by molar-refractivity contribution is 6.54. The van der Waals surface area contributed by atoms with Gasteiger partial charge in [0.05, 0.1) is 18.2 Å². The predicted molar refractivity (Wildman–Crippen MR) is 101 cm³/mol. The summed E-state index contributed by atoms with van der Waals surface area (Å²) in [7, 11) is 1.26. The number of halogens is 5. The first-order valence-electron chi connectivity index (χ1n) is 7.97. The van der Waals surface area contributed by atoms with Gasteiger partial charge >= 0.3 is 6.18 Å². The fourth-order valence-electron chi connectivity index (χ4n) is 2.56. The molecule has 2 heterocycles. The molecule has 29 heavy (non-hydrogen) atoms. The number of anilines is 1. The maximum atomic E-state index is 13.4. The largest absolute Gasteiger partial charge is 0.496 e. The van der Waals surface area contributed by atoms with Gasteiger partial charge in [-0.3, -0.25) is 9.78 Å². The topological polar surface area (TPSA) is 77.2 Å². The van der Waals surface area contributed by atoms with Gasteiger partial charge in [-0.2, -0.15) is 13.2 Å². The summed E-state index contributed by atoms with van der Waals surface area (Å²) in [6.45, 7) is 0. The summed E-state index contributed by atoms with van der Waals surface area (Å²) >= 11 is 11.0. The minimum atomic E-state index is -4.62. The minimum Gasteiger partial charge on any atom is -0.496 e. The van der Waals surface area contributed by atoms with E-state index >= 15 is 0 Å². The summed E-state index contributed by atoms with van der Waals surface area (Å²) in [5, 5.41) is 6.20. The normalized spacial score (nSPS) is 11.6. The summed E-state index contributed by atoms with van der Waals surface area (Å²) in [6, 6.07) is 7.77. The highest BCUT2D eigenvalue weighted by atomic mass is 35.5. The molecule has 0 saturated carbocycles. The molecule has 6 nitrogen and oxygen atoms in total. The van der Waals surface area contributed by atoms with Crippen LogP contribution in [0.5, 0.6) is 5.75 Å². The number of nitrogens with zero attached hydrogens (tertiary/aromatic N) is 2. The van der Waals surface area contributed by atoms with Crippen molar-refractivity contribution in [2.24, 2.45) is 0 Å². The molecule has 0 unspecified atom stereocenters. The van der Waals surface area contributed by atoms with Crippen LogP contribution in [0.3, 0.4) is 0 Å². The lowest BCUT2D eigenvalue weighted by molar-refractivity contribution is -0.137. The third-order valence-electron chi connectivity index (χ3n) is 3.80. The summed E-state index contributed by atoms with van der Waals surface area (Å²) < 4.78 is 50.5. The third kappa shape index (κ3) is 4.63. The first-order chi connectivity index (χ1) is 13.7. The average molecular weight is 446 g/mol. The van der Waals surface area contributed by atoms with Crippen LogP contribution in [0, 0.1) is 0 Å². The van der Waals surface area contributed by atoms with Crippen molar-refractivity contribution in [3.8, 4) is 28.5 Å². The lowest BCUT2D eigenvalue weighted by Gasteiger charge is -2.14. The maximum absolute atomic E-state index is 13.4. The highest BCUT2D eigenvalue weighted by Crippen LogP contribution is 2.42. The lowest BCUT2D eigenvalue weighted by atomic mass is 10.0. The molecule has 152 valence electrons. The third-order valence-corrected chi connectivity index (χ3v) is 4.19. The Morgan fingerprint density at radius 3 is 2.62 bits per heavy atom. The van der Waals surface area contributed by atoms with E-state index in [-0.39, 0.29) is 28.5 Å². The van der Waals surface area contributed by atoms with Gasteiger partial charge in [-0.05, 0) is 24.3 Å². The lowest BCUT2D eigenvalue weighted by Crippen LogP contribution is -2.18. The fourth-order valence-corrected chi connectivity index (χ4v) is 2.66. The van der Waals surface area contributed by atoms with Crippen LogP contribution in [0.2, 0.25) is 0 Å². The Morgan fingerprint density at radius 1 is 1.21 bits per heavy atom. The van der Waals surface area contributed by atoms with Crippen molar-refractivity contribution in [1.82, 2.24) is 10.1 Å². The summed E-state index contributed by atoms with van der Waals surface area (Å²) in [6.07, 6.45) is -3.25. The van der Waals surface area contributed by atoms with E-state index in [1.54, 1.807) is 0 Å². The zero-order chi connectivity index (χ0) is 21.2. The van der Waals surface area contributed by atoms with Crippen LogP contribution < -0.4 is 10.1 Å². The van der Waals surface area contributed by atoms with Gasteiger partial charge in [-0.15, -0.1) is 0 Å². The number of alkyl halides is 5. The van der Waals surface area contributed by atoms with Crippen LogP contribution in [0.4, 0.5) is 18.9 Å². The van der Waals surface area contributed by atoms with Gasteiger partial charge in [0.25, 0.3) is 5.91 Å². The van der Waals surface area contributed by atoms with Crippen LogP contribution in [0.25, 0.3) is 22.7 Å². The van der Waals surface area contributed by atoms with Gasteiger partial charge in [-0.25, -0.2) is 0 Å². The molecule has 11 heteroatoms. The van der Waals surface area contributed by atoms with E-state index in [0.717, 1.165) is 6.07 Å². The molecule has 0 fully saturated rings. The Hall–Kier alpha value is -2.78. The second-order valence-corrected chi connectivity index (χ2v) is 6.77. The van der Waals surface area contributed by atoms with Crippen LogP contribution in [0.1, 0.15) is 5.56 Å². The van der Waals surface area contributed by atoms with Crippen LogP contribution in [-0.4, -0.2) is 28.0 Å². The van der Waals surface area contributed by atoms with Crippen LogP contribution in [-0.2, 0) is 11.0 Å². The molecule has 0 bridgehead atoms. The zero-order valence-electron chi connectivity index (χ0n) is 14.6. The molecule has 2 aromatic heterocycles. The second kappa shape index (κ2) is 8.30. The summed E-state index contributed by atoms with van der Waals surface area (Å²) in [4.78, 5) is 14.4. The Bertz CT molecular complexity index is 1040. The molecule has 1 amide bonds. The number of hydrogen-bond donors (Lipinski definition) is 1. The number of amides is 1. The van der Waals surface area contributed by atoms with E-state index in [4.69, 9.17) is 32.5 Å². The number of carbonyl (C=O) groups is 1. The molecule has 3 aromatic rings. The average Bonchev–Trinajstić information content (AvgIpc) is 3.16. The molecule has 1 aromatic carbocycles. The molecule has 0 saturated heterocycles. The number of pyridine rings is 1. The molecule has 0 radical (unpaired) electrons. The SMILES string of the molecule is COc1cccc(C(F)(F)F)c1-c1cc(-c2cc(NC(=O)C(Cl)Cl)ccn2)on1. The van der Waals surface area contributed by atoms with E-state index in [2.05, 4.69) is 15.5 Å². The Kier molecular flexibility index (Phi) is 5.99. The van der Waals surface area contributed by atoms with Crippen molar-refractivity contribution in [1.29, 1.82) is 0 Å². The van der Waals surface area contributed by atoms with Gasteiger partial charge in [0.2, 0.25) is 0 Å². The number of ether oxygens (including phenoxy) is 1. The number of benzene rings is 1. The van der Waals surface area contributed by atoms with Crippen molar-refractivity contribution >= 4 is 34.8 Å². The van der Waals surface area contributed by atoms with Gasteiger partial charge in [0.1, 0.15) is 17.1 Å². The summed E-state index contributed by atoms with van der Waals surface area (Å²) in [5.74, 6) is -0.570. The Labute approximate surface area is 172 Å². The molecule has 0 spiro atoms. The number of carbonyl (C=O) groups excluding carboxylic acids is 1. The van der Waals surface area contributed by atoms with Gasteiger partial charge in [0.15, 0.2) is 10.6 Å². The molecule has 3 rings (SSSR count). The van der Waals surface area contributed by atoms with Gasteiger partial charge in [-0.1, -0.05) is 34.4 Å². The van der Waals surface area contributed by atoms with Crippen molar-refractivity contribution in [2.75, 3.05) is 12.4 Å². The molecule has 0 aliphatic heterocycles. The quantitative estimate of drug-likeness (QED) is 0.547. The van der Waals surface area contributed by atoms with Crippen molar-refractivity contribution in [3.63, 3.8) is 0 Å². The van der Waals surface area contributed by atoms with E-state index < -0.39 is 22.5 Å². The number of hydrogen-bond acceptors (Lipinski definition) is 5. The predicted octanol–water partition coefficient (Wildman–Crippen LogP) is 5.17. The fraction of sp³-hybridized carbons (Fsp3) is 0.167. The second-order valence-electron chi connectivity index (χ2n) is 5.68. The van der Waals surface area contributed by atoms with E-state index in [1.807, 2.05) is 0 Å². The standard InChI is InChI=1S/C18H12Cl2F3N3O3/c1-28-13-4-2-3-10(18(21,22)23)15(13)12-8-14(29-26-12)11-7-9(5-6-24-11)25-17(27)16(19)20/h2-8,16H,1H3,(H,24,25,27). The highest BCUT2D eigenvalue weighted by Gasteiger charge is 2.36. The molecular formula is C18H12Cl2F3N3O3. The number of nitrogens with one attached hydrogen (secondary N) is 1. The van der Waals surface area contributed by atoms with Crippen LogP contribution >= 0.6 is 23.2 Å². The molecule has 0 aliphatic rings. The van der Waals surface area contributed by atoms with Gasteiger partial charge in [0, 0.05) is 18.0 Å². The minimum absolute atomic E-state index is 0.0103. The molecule has 0 aliphatic carbocycles.